The van der Waals surface area contributed by atoms with E-state index in [4.69, 9.17) is 4.74 Å². The molecule has 0 bridgehead atoms. The predicted molar refractivity (Wildman–Crippen MR) is 79.9 cm³/mol. The molecule has 20 heavy (non-hydrogen) atoms. The molecule has 1 aromatic heterocycles. The van der Waals surface area contributed by atoms with E-state index in [2.05, 4.69) is 34.6 Å². The monoisotopic (exact) mass is 268 g/mol. The topological polar surface area (TPSA) is 34.1 Å². The Labute approximate surface area is 120 Å². The van der Waals surface area contributed by atoms with Crippen LogP contribution in [0.1, 0.15) is 36.1 Å². The molecule has 3 rings (SSSR count). The minimum Gasteiger partial charge on any atom is -0.493 e. The number of benzene rings is 1. The van der Waals surface area contributed by atoms with E-state index < -0.39 is 0 Å². The van der Waals surface area contributed by atoms with Crippen molar-refractivity contribution in [2.45, 2.75) is 24.8 Å². The molecule has 0 radical (unpaired) electrons. The second kappa shape index (κ2) is 6.06. The minimum atomic E-state index is 0.285. The molecule has 2 aromatic rings. The smallest absolute Gasteiger partial charge is 0.122 e. The lowest BCUT2D eigenvalue weighted by Crippen LogP contribution is -2.23. The van der Waals surface area contributed by atoms with Gasteiger partial charge >= 0.3 is 0 Å². The molecule has 1 aliphatic heterocycles. The Balaban J connectivity index is 1.81. The molecule has 3 nitrogen and oxygen atoms in total. The summed E-state index contributed by atoms with van der Waals surface area (Å²) in [6.07, 6.45) is 3.98. The van der Waals surface area contributed by atoms with Crippen molar-refractivity contribution in [3.63, 3.8) is 0 Å². The van der Waals surface area contributed by atoms with Crippen LogP contribution in [0.2, 0.25) is 0 Å². The number of ether oxygens (including phenoxy) is 1. The van der Waals surface area contributed by atoms with Gasteiger partial charge in [-0.1, -0.05) is 24.3 Å². The predicted octanol–water partition coefficient (Wildman–Crippen LogP) is 3.30. The van der Waals surface area contributed by atoms with E-state index in [9.17, 15) is 0 Å². The van der Waals surface area contributed by atoms with Gasteiger partial charge in [-0.25, -0.2) is 0 Å². The van der Waals surface area contributed by atoms with Crippen molar-refractivity contribution >= 4 is 0 Å². The molecule has 0 aliphatic carbocycles. The summed E-state index contributed by atoms with van der Waals surface area (Å²) in [6, 6.07) is 14.8. The van der Waals surface area contributed by atoms with E-state index >= 15 is 0 Å². The third kappa shape index (κ3) is 2.68. The van der Waals surface area contributed by atoms with E-state index in [1.165, 1.54) is 5.56 Å². The molecule has 2 unspecified atom stereocenters. The van der Waals surface area contributed by atoms with Gasteiger partial charge in [-0.2, -0.15) is 0 Å². The van der Waals surface area contributed by atoms with Crippen molar-refractivity contribution in [3.05, 3.63) is 59.9 Å². The fraction of sp³-hybridized carbons (Fsp3) is 0.353. The fourth-order valence-electron chi connectivity index (χ4n) is 2.91. The van der Waals surface area contributed by atoms with Gasteiger partial charge in [0.2, 0.25) is 0 Å². The zero-order valence-electron chi connectivity index (χ0n) is 11.8. The summed E-state index contributed by atoms with van der Waals surface area (Å²) in [5.74, 6) is 1.57. The molecule has 2 atom stereocenters. The summed E-state index contributed by atoms with van der Waals surface area (Å²) in [7, 11) is 2.00. The van der Waals surface area contributed by atoms with E-state index in [-0.39, 0.29) is 6.04 Å². The summed E-state index contributed by atoms with van der Waals surface area (Å²) >= 11 is 0. The zero-order valence-corrected chi connectivity index (χ0v) is 11.8. The van der Waals surface area contributed by atoms with Crippen LogP contribution < -0.4 is 10.1 Å². The molecule has 0 saturated heterocycles. The maximum absolute atomic E-state index is 5.74. The Hall–Kier alpha value is -1.87. The highest BCUT2D eigenvalue weighted by Crippen LogP contribution is 2.38. The van der Waals surface area contributed by atoms with Gasteiger partial charge < -0.3 is 10.1 Å². The number of hydrogen-bond acceptors (Lipinski definition) is 3. The molecule has 0 amide bonds. The van der Waals surface area contributed by atoms with Crippen LogP contribution in [0.5, 0.6) is 5.75 Å². The highest BCUT2D eigenvalue weighted by atomic mass is 16.5. The Kier molecular flexibility index (Phi) is 3.97. The number of pyridine rings is 1. The number of hydrogen-bond donors (Lipinski definition) is 1. The highest BCUT2D eigenvalue weighted by molar-refractivity contribution is 5.38. The standard InChI is InChI=1S/C17H20N2O/c1-18-16(15-7-4-5-10-19-15)12-13-9-11-20-17-8-3-2-6-14(13)17/h2-8,10,13,16,18H,9,11-12H2,1H3. The molecular formula is C17H20N2O. The highest BCUT2D eigenvalue weighted by Gasteiger charge is 2.24. The SMILES string of the molecule is CNC(CC1CCOc2ccccc21)c1ccccn1. The Morgan fingerprint density at radius 3 is 2.90 bits per heavy atom. The molecule has 104 valence electrons. The van der Waals surface area contributed by atoms with Gasteiger partial charge in [0, 0.05) is 12.2 Å². The summed E-state index contributed by atoms with van der Waals surface area (Å²) in [6.45, 7) is 0.806. The summed E-state index contributed by atoms with van der Waals surface area (Å²) < 4.78 is 5.74. The number of fused-ring (bicyclic) bond motifs is 1. The maximum Gasteiger partial charge on any atom is 0.122 e. The average molecular weight is 268 g/mol. The van der Waals surface area contributed by atoms with Gasteiger partial charge in [0.05, 0.1) is 12.3 Å². The van der Waals surface area contributed by atoms with E-state index in [1.807, 2.05) is 31.4 Å². The first kappa shape index (κ1) is 13.1. The van der Waals surface area contributed by atoms with Gasteiger partial charge in [0.25, 0.3) is 0 Å². The van der Waals surface area contributed by atoms with Gasteiger partial charge in [-0.15, -0.1) is 0 Å². The third-order valence-electron chi connectivity index (χ3n) is 4.00. The summed E-state index contributed by atoms with van der Waals surface area (Å²) in [4.78, 5) is 4.48. The van der Waals surface area contributed by atoms with Crippen LogP contribution in [0.4, 0.5) is 0 Å². The first-order chi connectivity index (χ1) is 9.88. The van der Waals surface area contributed by atoms with E-state index in [0.717, 1.165) is 30.9 Å². The van der Waals surface area contributed by atoms with E-state index in [0.29, 0.717) is 5.92 Å². The third-order valence-corrected chi connectivity index (χ3v) is 4.00. The number of nitrogens with zero attached hydrogens (tertiary/aromatic N) is 1. The van der Waals surface area contributed by atoms with Crippen LogP contribution in [0, 0.1) is 0 Å². The average Bonchev–Trinajstić information content (AvgIpc) is 2.53. The molecule has 0 spiro atoms. The van der Waals surface area contributed by atoms with Crippen molar-refractivity contribution in [3.8, 4) is 5.75 Å². The summed E-state index contributed by atoms with van der Waals surface area (Å²) in [5, 5.41) is 3.39. The van der Waals surface area contributed by atoms with Crippen LogP contribution in [0.15, 0.2) is 48.7 Å². The van der Waals surface area contributed by atoms with Crippen molar-refractivity contribution in [2.24, 2.45) is 0 Å². The lowest BCUT2D eigenvalue weighted by atomic mass is 9.86. The van der Waals surface area contributed by atoms with Gasteiger partial charge in [0.15, 0.2) is 0 Å². The van der Waals surface area contributed by atoms with Crippen LogP contribution in [0.25, 0.3) is 0 Å². The van der Waals surface area contributed by atoms with E-state index in [1.54, 1.807) is 0 Å². The quantitative estimate of drug-likeness (QED) is 0.924. The number of para-hydroxylation sites is 1. The number of nitrogens with one attached hydrogen (secondary N) is 1. The van der Waals surface area contributed by atoms with Crippen molar-refractivity contribution in [2.75, 3.05) is 13.7 Å². The van der Waals surface area contributed by atoms with Crippen LogP contribution in [0.3, 0.4) is 0 Å². The summed E-state index contributed by atoms with van der Waals surface area (Å²) in [5.41, 5.74) is 2.44. The minimum absolute atomic E-state index is 0.285. The van der Waals surface area contributed by atoms with Crippen molar-refractivity contribution < 1.29 is 4.74 Å². The zero-order chi connectivity index (χ0) is 13.8. The fourth-order valence-corrected chi connectivity index (χ4v) is 2.91. The number of rotatable bonds is 4. The molecule has 1 N–H and O–H groups in total. The van der Waals surface area contributed by atoms with Crippen LogP contribution in [-0.4, -0.2) is 18.6 Å². The van der Waals surface area contributed by atoms with Crippen LogP contribution >= 0.6 is 0 Å². The molecule has 0 fully saturated rings. The molecule has 1 aliphatic rings. The lowest BCUT2D eigenvalue weighted by molar-refractivity contribution is 0.256. The van der Waals surface area contributed by atoms with Gasteiger partial charge in [-0.3, -0.25) is 4.98 Å². The Bertz CT molecular complexity index is 556. The largest absolute Gasteiger partial charge is 0.493 e. The van der Waals surface area contributed by atoms with Gasteiger partial charge in [-0.05, 0) is 49.6 Å². The molecule has 1 aromatic carbocycles. The first-order valence-electron chi connectivity index (χ1n) is 7.18. The molecule has 3 heteroatoms. The molecule has 0 saturated carbocycles. The first-order valence-corrected chi connectivity index (χ1v) is 7.18. The van der Waals surface area contributed by atoms with Crippen LogP contribution in [-0.2, 0) is 0 Å². The second-order valence-corrected chi connectivity index (χ2v) is 5.20. The number of aromatic nitrogens is 1. The van der Waals surface area contributed by atoms with Gasteiger partial charge in [0.1, 0.15) is 5.75 Å². The van der Waals surface area contributed by atoms with Crippen molar-refractivity contribution in [1.82, 2.24) is 10.3 Å². The maximum atomic E-state index is 5.74. The Morgan fingerprint density at radius 1 is 1.25 bits per heavy atom. The molecular weight excluding hydrogens is 248 g/mol. The molecule has 2 heterocycles. The normalized spacial score (nSPS) is 18.9. The van der Waals surface area contributed by atoms with Crippen molar-refractivity contribution in [1.29, 1.82) is 0 Å². The Morgan fingerprint density at radius 2 is 2.10 bits per heavy atom. The lowest BCUT2D eigenvalue weighted by Gasteiger charge is -2.28. The second-order valence-electron chi connectivity index (χ2n) is 5.20.